The van der Waals surface area contributed by atoms with E-state index < -0.39 is 47.1 Å². The molecule has 2 heterocycles. The average Bonchev–Trinajstić information content (AvgIpc) is 3.47. The van der Waals surface area contributed by atoms with Gasteiger partial charge in [0, 0.05) is 23.5 Å². The van der Waals surface area contributed by atoms with Gasteiger partial charge in [0.1, 0.15) is 5.75 Å². The van der Waals surface area contributed by atoms with Crippen LogP contribution in [0.5, 0.6) is 5.75 Å². The van der Waals surface area contributed by atoms with Crippen LogP contribution in [0.15, 0.2) is 48.8 Å². The van der Waals surface area contributed by atoms with Gasteiger partial charge in [0.05, 0.1) is 12.1 Å². The quantitative estimate of drug-likeness (QED) is 0.227. The number of carbonyl (C=O) groups excluding carboxylic acids is 1. The second kappa shape index (κ2) is 9.51. The highest BCUT2D eigenvalue weighted by Gasteiger charge is 2.26. The number of benzene rings is 2. The third-order valence-electron chi connectivity index (χ3n) is 4.54. The zero-order chi connectivity index (χ0) is 24.4. The second-order valence-corrected chi connectivity index (χ2v) is 7.31. The molecule has 1 N–H and O–H groups in total. The van der Waals surface area contributed by atoms with E-state index in [1.54, 1.807) is 24.3 Å². The van der Waals surface area contributed by atoms with Crippen LogP contribution in [0.2, 0.25) is 5.02 Å². The fourth-order valence-corrected chi connectivity index (χ4v) is 3.08. The number of hydrogen-bond donors (Lipinski definition) is 1. The molecule has 34 heavy (non-hydrogen) atoms. The van der Waals surface area contributed by atoms with Gasteiger partial charge in [-0.15, -0.1) is 0 Å². The van der Waals surface area contributed by atoms with Gasteiger partial charge in [0.25, 0.3) is 5.91 Å². The van der Waals surface area contributed by atoms with Crippen LogP contribution >= 0.6 is 11.6 Å². The Morgan fingerprint density at radius 3 is 2.29 bits per heavy atom. The predicted octanol–water partition coefficient (Wildman–Crippen LogP) is 4.77. The van der Waals surface area contributed by atoms with Crippen molar-refractivity contribution in [2.45, 2.75) is 13.3 Å². The van der Waals surface area contributed by atoms with Gasteiger partial charge < -0.3 is 10.1 Å². The molecule has 0 aliphatic heterocycles. The molecule has 0 aliphatic carbocycles. The number of aromatic nitrogens is 4. The number of ether oxygens (including phenoxy) is 1. The van der Waals surface area contributed by atoms with Crippen molar-refractivity contribution in [2.24, 2.45) is 0 Å². The van der Waals surface area contributed by atoms with E-state index in [-0.39, 0.29) is 18.2 Å². The fourth-order valence-electron chi connectivity index (χ4n) is 2.90. The number of nitrogens with one attached hydrogen (secondary N) is 1. The normalized spacial score (nSPS) is 11.0. The molecule has 0 spiro atoms. The molecular formula is C21H13ClF5N5O2. The molecule has 176 valence electrons. The van der Waals surface area contributed by atoms with Crippen molar-refractivity contribution in [1.82, 2.24) is 19.6 Å². The zero-order valence-corrected chi connectivity index (χ0v) is 17.7. The van der Waals surface area contributed by atoms with Crippen LogP contribution in [0.25, 0.3) is 0 Å². The number of nitrogens with zero attached hydrogens (tertiary/aromatic N) is 4. The van der Waals surface area contributed by atoms with E-state index in [1.165, 1.54) is 29.2 Å². The summed E-state index contributed by atoms with van der Waals surface area (Å²) in [5.74, 6) is -10.4. The first-order valence-corrected chi connectivity index (χ1v) is 9.87. The van der Waals surface area contributed by atoms with Crippen molar-refractivity contribution in [3.8, 4) is 5.75 Å². The standard InChI is InChI=1S/C21H13ClF5N5O2/c22-11-2-1-3-12(8-11)34-10-32-6-4-14(29-32)21(33)28-15-5-7-31(30-15)9-13-16(23)18(25)20(27)19(26)17(13)24/h1-8H,9-10H2,(H,28,30,33). The highest BCUT2D eigenvalue weighted by molar-refractivity contribution is 6.30. The summed E-state index contributed by atoms with van der Waals surface area (Å²) in [7, 11) is 0. The van der Waals surface area contributed by atoms with Gasteiger partial charge in [0.15, 0.2) is 41.5 Å². The average molecular weight is 498 g/mol. The maximum absolute atomic E-state index is 13.9. The van der Waals surface area contributed by atoms with Crippen LogP contribution in [-0.4, -0.2) is 25.5 Å². The van der Waals surface area contributed by atoms with Crippen LogP contribution in [0.4, 0.5) is 27.8 Å². The lowest BCUT2D eigenvalue weighted by Gasteiger charge is -2.08. The molecule has 13 heteroatoms. The maximum atomic E-state index is 13.9. The molecule has 0 unspecified atom stereocenters. The van der Waals surface area contributed by atoms with Crippen molar-refractivity contribution in [2.75, 3.05) is 5.32 Å². The summed E-state index contributed by atoms with van der Waals surface area (Å²) in [5.41, 5.74) is -1.04. The van der Waals surface area contributed by atoms with E-state index in [0.29, 0.717) is 10.8 Å². The molecule has 2 aromatic heterocycles. The zero-order valence-electron chi connectivity index (χ0n) is 16.9. The van der Waals surface area contributed by atoms with Crippen LogP contribution in [0.1, 0.15) is 16.1 Å². The SMILES string of the molecule is O=C(Nc1ccn(Cc2c(F)c(F)c(F)c(F)c2F)n1)c1ccn(COc2cccc(Cl)c2)n1. The lowest BCUT2D eigenvalue weighted by Crippen LogP contribution is -2.15. The minimum atomic E-state index is -2.25. The van der Waals surface area contributed by atoms with E-state index in [1.807, 2.05) is 0 Å². The maximum Gasteiger partial charge on any atom is 0.277 e. The molecule has 1 amide bonds. The van der Waals surface area contributed by atoms with Crippen molar-refractivity contribution in [1.29, 1.82) is 0 Å². The Labute approximate surface area is 193 Å². The molecule has 2 aromatic carbocycles. The Morgan fingerprint density at radius 1 is 0.912 bits per heavy atom. The van der Waals surface area contributed by atoms with Crippen molar-refractivity contribution >= 4 is 23.3 Å². The van der Waals surface area contributed by atoms with E-state index >= 15 is 0 Å². The Morgan fingerprint density at radius 2 is 1.59 bits per heavy atom. The molecule has 0 fully saturated rings. The first kappa shape index (κ1) is 23.2. The largest absolute Gasteiger partial charge is 0.471 e. The van der Waals surface area contributed by atoms with Gasteiger partial charge in [0.2, 0.25) is 5.82 Å². The Bertz CT molecular complexity index is 1340. The van der Waals surface area contributed by atoms with Gasteiger partial charge in [-0.05, 0) is 24.3 Å². The first-order chi connectivity index (χ1) is 16.2. The lowest BCUT2D eigenvalue weighted by atomic mass is 10.1. The monoisotopic (exact) mass is 497 g/mol. The van der Waals surface area contributed by atoms with Gasteiger partial charge in [-0.25, -0.2) is 26.6 Å². The topological polar surface area (TPSA) is 74.0 Å². The number of carbonyl (C=O) groups is 1. The van der Waals surface area contributed by atoms with E-state index in [9.17, 15) is 26.7 Å². The Balaban J connectivity index is 1.40. The van der Waals surface area contributed by atoms with Crippen molar-refractivity contribution in [3.05, 3.63) is 94.2 Å². The third-order valence-corrected chi connectivity index (χ3v) is 4.77. The molecule has 0 radical (unpaired) electrons. The molecule has 7 nitrogen and oxygen atoms in total. The van der Waals surface area contributed by atoms with Gasteiger partial charge in [-0.3, -0.25) is 9.48 Å². The van der Waals surface area contributed by atoms with Crippen LogP contribution in [-0.2, 0) is 13.3 Å². The molecule has 4 aromatic rings. The van der Waals surface area contributed by atoms with Crippen molar-refractivity contribution in [3.63, 3.8) is 0 Å². The number of anilines is 1. The van der Waals surface area contributed by atoms with Gasteiger partial charge in [-0.1, -0.05) is 17.7 Å². The number of rotatable bonds is 7. The Hall–Kier alpha value is -3.93. The summed E-state index contributed by atoms with van der Waals surface area (Å²) in [6, 6.07) is 9.42. The van der Waals surface area contributed by atoms with Gasteiger partial charge >= 0.3 is 0 Å². The summed E-state index contributed by atoms with van der Waals surface area (Å²) in [5, 5.41) is 10.8. The summed E-state index contributed by atoms with van der Waals surface area (Å²) in [6.45, 7) is -0.749. The fraction of sp³-hybridized carbons (Fsp3) is 0.0952. The molecule has 0 atom stereocenters. The Kier molecular flexibility index (Phi) is 6.50. The smallest absolute Gasteiger partial charge is 0.277 e. The van der Waals surface area contributed by atoms with Crippen molar-refractivity contribution < 1.29 is 31.5 Å². The number of halogens is 6. The van der Waals surface area contributed by atoms with Crippen LogP contribution < -0.4 is 10.1 Å². The van der Waals surface area contributed by atoms with E-state index in [2.05, 4.69) is 15.5 Å². The summed E-state index contributed by atoms with van der Waals surface area (Å²) >= 11 is 5.88. The predicted molar refractivity (Wildman–Crippen MR) is 110 cm³/mol. The van der Waals surface area contributed by atoms with Crippen LogP contribution in [0, 0.1) is 29.1 Å². The lowest BCUT2D eigenvalue weighted by molar-refractivity contribution is 0.101. The second-order valence-electron chi connectivity index (χ2n) is 6.87. The number of hydrogen-bond acceptors (Lipinski definition) is 4. The molecule has 0 saturated carbocycles. The molecular weight excluding hydrogens is 485 g/mol. The summed E-state index contributed by atoms with van der Waals surface area (Å²) in [6.07, 6.45) is 2.70. The third kappa shape index (κ3) is 4.86. The van der Waals surface area contributed by atoms with E-state index in [4.69, 9.17) is 16.3 Å². The molecule has 0 bridgehead atoms. The van der Waals surface area contributed by atoms with Gasteiger partial charge in [-0.2, -0.15) is 10.2 Å². The minimum Gasteiger partial charge on any atom is -0.471 e. The summed E-state index contributed by atoms with van der Waals surface area (Å²) in [4.78, 5) is 12.4. The molecule has 0 aliphatic rings. The highest BCUT2D eigenvalue weighted by atomic mass is 35.5. The summed E-state index contributed by atoms with van der Waals surface area (Å²) < 4.78 is 75.4. The molecule has 4 rings (SSSR count). The molecule has 0 saturated heterocycles. The van der Waals surface area contributed by atoms with E-state index in [0.717, 1.165) is 4.68 Å². The van der Waals surface area contributed by atoms with Crippen LogP contribution in [0.3, 0.4) is 0 Å². The highest BCUT2D eigenvalue weighted by Crippen LogP contribution is 2.24. The minimum absolute atomic E-state index is 0.00413. The first-order valence-electron chi connectivity index (χ1n) is 9.50. The number of amides is 1.